The van der Waals surface area contributed by atoms with Gasteiger partial charge in [0, 0.05) is 17.7 Å². The van der Waals surface area contributed by atoms with Gasteiger partial charge < -0.3 is 0 Å². The minimum absolute atomic E-state index is 0.183. The van der Waals surface area contributed by atoms with Crippen LogP contribution >= 0.6 is 0 Å². The highest BCUT2D eigenvalue weighted by atomic mass is 16.6. The molecule has 1 aromatic carbocycles. The summed E-state index contributed by atoms with van der Waals surface area (Å²) < 4.78 is 0. The van der Waals surface area contributed by atoms with Crippen molar-refractivity contribution in [1.82, 2.24) is 0 Å². The number of nitrogens with one attached hydrogen (secondary N) is 1. The molecule has 2 saturated carbocycles. The van der Waals surface area contributed by atoms with Crippen molar-refractivity contribution in [3.8, 4) is 0 Å². The Kier molecular flexibility index (Phi) is 5.17. The summed E-state index contributed by atoms with van der Waals surface area (Å²) in [6.45, 7) is 6.92. The second kappa shape index (κ2) is 7.25. The van der Waals surface area contributed by atoms with E-state index < -0.39 is 9.85 Å². The number of benzene rings is 1. The van der Waals surface area contributed by atoms with Gasteiger partial charge in [-0.1, -0.05) is 20.8 Å². The van der Waals surface area contributed by atoms with Crippen molar-refractivity contribution in [1.29, 1.82) is 0 Å². The third-order valence-electron chi connectivity index (χ3n) is 6.34. The fourth-order valence-electron chi connectivity index (χ4n) is 4.79. The van der Waals surface area contributed by atoms with E-state index in [0.717, 1.165) is 31.0 Å². The number of nitrogens with zero attached hydrogens (tertiary/aromatic N) is 3. The van der Waals surface area contributed by atoms with Gasteiger partial charge in [0.05, 0.1) is 15.9 Å². The summed E-state index contributed by atoms with van der Waals surface area (Å²) >= 11 is 0. The molecular weight excluding hydrogens is 348 g/mol. The van der Waals surface area contributed by atoms with Gasteiger partial charge in [0.15, 0.2) is 0 Å². The monoisotopic (exact) mass is 374 g/mol. The van der Waals surface area contributed by atoms with Gasteiger partial charge in [-0.05, 0) is 55.4 Å². The van der Waals surface area contributed by atoms with Crippen LogP contribution in [0.2, 0.25) is 0 Å². The summed E-state index contributed by atoms with van der Waals surface area (Å²) in [7, 11) is 0. The number of hydrogen-bond acceptors (Lipinski definition) is 6. The predicted molar refractivity (Wildman–Crippen MR) is 104 cm³/mol. The number of hydrogen-bond donors (Lipinski definition) is 1. The van der Waals surface area contributed by atoms with Crippen molar-refractivity contribution in [2.75, 3.05) is 5.43 Å². The van der Waals surface area contributed by atoms with Crippen LogP contribution in [0.4, 0.5) is 17.1 Å². The van der Waals surface area contributed by atoms with Crippen molar-refractivity contribution < 1.29 is 9.85 Å². The van der Waals surface area contributed by atoms with Crippen LogP contribution in [0.25, 0.3) is 0 Å². The van der Waals surface area contributed by atoms with Crippen LogP contribution in [0.1, 0.15) is 52.9 Å². The summed E-state index contributed by atoms with van der Waals surface area (Å²) in [4.78, 5) is 20.9. The first-order valence-corrected chi connectivity index (χ1v) is 9.46. The van der Waals surface area contributed by atoms with E-state index in [9.17, 15) is 20.2 Å². The highest BCUT2D eigenvalue weighted by molar-refractivity contribution is 5.89. The molecule has 2 unspecified atom stereocenters. The maximum absolute atomic E-state index is 11.3. The van der Waals surface area contributed by atoms with Gasteiger partial charge in [-0.2, -0.15) is 5.10 Å². The normalized spacial score (nSPS) is 28.4. The number of fused-ring (bicyclic) bond motifs is 1. The average molecular weight is 374 g/mol. The summed E-state index contributed by atoms with van der Waals surface area (Å²) in [5.41, 5.74) is 3.72. The van der Waals surface area contributed by atoms with E-state index in [1.807, 2.05) is 0 Å². The summed E-state index contributed by atoms with van der Waals surface area (Å²) in [5.74, 6) is 1.49. The van der Waals surface area contributed by atoms with E-state index in [-0.39, 0.29) is 22.5 Å². The summed E-state index contributed by atoms with van der Waals surface area (Å²) in [5, 5.41) is 26.8. The number of nitro groups is 2. The molecule has 1 N–H and O–H groups in total. The molecule has 27 heavy (non-hydrogen) atoms. The standard InChI is InChI=1S/C19H26N4O4/c1-12-9-10-19(2,3)14-5-4-6-16(18(12)14)21-20-15-8-7-13(22(24)25)11-17(15)23(26)27/h7-8,11-12,14,18,20H,4-6,9-10H2,1-3H3/b21-16+/t12-,14?,18?/m0/s1. The molecule has 146 valence electrons. The number of non-ortho nitro benzene ring substituents is 1. The number of anilines is 1. The van der Waals surface area contributed by atoms with Gasteiger partial charge in [-0.25, -0.2) is 0 Å². The zero-order valence-electron chi connectivity index (χ0n) is 16.0. The third-order valence-corrected chi connectivity index (χ3v) is 6.34. The lowest BCUT2D eigenvalue weighted by Gasteiger charge is -2.50. The van der Waals surface area contributed by atoms with Crippen molar-refractivity contribution in [3.63, 3.8) is 0 Å². The van der Waals surface area contributed by atoms with Crippen LogP contribution < -0.4 is 5.43 Å². The van der Waals surface area contributed by atoms with E-state index >= 15 is 0 Å². The van der Waals surface area contributed by atoms with E-state index in [0.29, 0.717) is 17.8 Å². The lowest BCUT2D eigenvalue weighted by molar-refractivity contribution is -0.393. The van der Waals surface area contributed by atoms with E-state index in [2.05, 4.69) is 31.3 Å². The molecule has 2 aliphatic rings. The predicted octanol–water partition coefficient (Wildman–Crippen LogP) is 5.14. The fourth-order valence-corrected chi connectivity index (χ4v) is 4.79. The zero-order valence-corrected chi connectivity index (χ0v) is 16.0. The SMILES string of the molecule is C[C@H]1CCC(C)(C)C2CCC/C(=N\Nc3ccc([N+](=O)[O-])cc3[N+](=O)[O-])C21. The van der Waals surface area contributed by atoms with Crippen LogP contribution in [-0.2, 0) is 0 Å². The lowest BCUT2D eigenvalue weighted by Crippen LogP contribution is -2.45. The smallest absolute Gasteiger partial charge is 0.272 e. The molecule has 1 aromatic rings. The average Bonchev–Trinajstić information content (AvgIpc) is 2.63. The summed E-state index contributed by atoms with van der Waals surface area (Å²) in [6, 6.07) is 3.58. The maximum atomic E-state index is 11.3. The maximum Gasteiger partial charge on any atom is 0.301 e. The molecular formula is C19H26N4O4. The van der Waals surface area contributed by atoms with Crippen LogP contribution in [0.15, 0.2) is 23.3 Å². The Morgan fingerprint density at radius 2 is 1.93 bits per heavy atom. The molecule has 2 fully saturated rings. The zero-order chi connectivity index (χ0) is 19.8. The van der Waals surface area contributed by atoms with Gasteiger partial charge in [0.25, 0.3) is 5.69 Å². The van der Waals surface area contributed by atoms with Crippen LogP contribution in [0, 0.1) is 43.4 Å². The lowest BCUT2D eigenvalue weighted by atomic mass is 9.55. The first kappa shape index (κ1) is 19.3. The Balaban J connectivity index is 1.89. The third kappa shape index (κ3) is 3.79. The van der Waals surface area contributed by atoms with Gasteiger partial charge in [0.1, 0.15) is 5.69 Å². The number of hydrazone groups is 1. The second-order valence-corrected chi connectivity index (χ2v) is 8.46. The molecule has 0 aliphatic heterocycles. The Bertz CT molecular complexity index is 790. The molecule has 0 heterocycles. The largest absolute Gasteiger partial charge is 0.301 e. The molecule has 0 bridgehead atoms. The molecule has 0 radical (unpaired) electrons. The molecule has 3 atom stereocenters. The van der Waals surface area contributed by atoms with Crippen molar-refractivity contribution in [2.24, 2.45) is 28.3 Å². The minimum Gasteiger partial charge on any atom is -0.272 e. The Labute approximate surface area is 158 Å². The molecule has 0 saturated heterocycles. The fraction of sp³-hybridized carbons (Fsp3) is 0.632. The van der Waals surface area contributed by atoms with E-state index in [1.165, 1.54) is 25.0 Å². The van der Waals surface area contributed by atoms with Gasteiger partial charge >= 0.3 is 5.69 Å². The van der Waals surface area contributed by atoms with Crippen LogP contribution in [0.5, 0.6) is 0 Å². The Morgan fingerprint density at radius 3 is 2.59 bits per heavy atom. The molecule has 8 nitrogen and oxygen atoms in total. The molecule has 0 amide bonds. The number of nitro benzene ring substituents is 2. The summed E-state index contributed by atoms with van der Waals surface area (Å²) in [6.07, 6.45) is 5.52. The minimum atomic E-state index is -0.639. The van der Waals surface area contributed by atoms with E-state index in [1.54, 1.807) is 0 Å². The van der Waals surface area contributed by atoms with Gasteiger partial charge in [-0.15, -0.1) is 0 Å². The number of rotatable bonds is 4. The topological polar surface area (TPSA) is 111 Å². The Morgan fingerprint density at radius 1 is 1.19 bits per heavy atom. The highest BCUT2D eigenvalue weighted by Gasteiger charge is 2.45. The van der Waals surface area contributed by atoms with Crippen molar-refractivity contribution in [2.45, 2.75) is 52.9 Å². The van der Waals surface area contributed by atoms with Crippen LogP contribution in [-0.4, -0.2) is 15.6 Å². The highest BCUT2D eigenvalue weighted by Crippen LogP contribution is 2.51. The van der Waals surface area contributed by atoms with Gasteiger partial charge in [0.2, 0.25) is 0 Å². The van der Waals surface area contributed by atoms with Gasteiger partial charge in [-0.3, -0.25) is 25.7 Å². The molecule has 3 rings (SSSR count). The molecule has 2 aliphatic carbocycles. The quantitative estimate of drug-likeness (QED) is 0.579. The van der Waals surface area contributed by atoms with Crippen molar-refractivity contribution >= 4 is 22.8 Å². The molecule has 8 heteroatoms. The second-order valence-electron chi connectivity index (χ2n) is 8.46. The van der Waals surface area contributed by atoms with Crippen molar-refractivity contribution in [3.05, 3.63) is 38.4 Å². The molecule has 0 spiro atoms. The first-order chi connectivity index (χ1) is 12.7. The van der Waals surface area contributed by atoms with Crippen LogP contribution in [0.3, 0.4) is 0 Å². The molecule has 0 aromatic heterocycles. The Hall–Kier alpha value is -2.51. The first-order valence-electron chi connectivity index (χ1n) is 9.46. The van der Waals surface area contributed by atoms with E-state index in [4.69, 9.17) is 0 Å².